The minimum Gasteiger partial charge on any atom is -0.256 e. The van der Waals surface area contributed by atoms with Crippen molar-refractivity contribution in [1.29, 1.82) is 0 Å². The molecule has 112 valence electrons. The highest BCUT2D eigenvalue weighted by atomic mass is 127. The number of para-hydroxylation sites is 1. The molecule has 0 saturated carbocycles. The predicted octanol–water partition coefficient (Wildman–Crippen LogP) is 3.32. The topological polar surface area (TPSA) is 59.1 Å². The number of pyridine rings is 1. The zero-order valence-electron chi connectivity index (χ0n) is 11.5. The average Bonchev–Trinajstić information content (AvgIpc) is 2.53. The van der Waals surface area contributed by atoms with Crippen LogP contribution in [0.4, 0.5) is 0 Å². The monoisotopic (exact) mass is 424 g/mol. The summed E-state index contributed by atoms with van der Waals surface area (Å²) < 4.78 is 28.3. The summed E-state index contributed by atoms with van der Waals surface area (Å²) in [5.74, 6) is 0. The highest BCUT2D eigenvalue weighted by Crippen LogP contribution is 2.17. The number of benzene rings is 2. The molecule has 0 bridgehead atoms. The second-order valence-corrected chi connectivity index (χ2v) is 7.78. The fourth-order valence-corrected chi connectivity index (χ4v) is 3.55. The maximum Gasteiger partial charge on any atom is 0.240 e. The van der Waals surface area contributed by atoms with E-state index in [2.05, 4.69) is 32.3 Å². The SMILES string of the molecule is O=S(=O)(NCc1ccnc2ccccc12)c1ccc(I)cc1. The Balaban J connectivity index is 1.86. The maximum atomic E-state index is 12.3. The molecule has 4 nitrogen and oxygen atoms in total. The number of hydrogen-bond acceptors (Lipinski definition) is 3. The summed E-state index contributed by atoms with van der Waals surface area (Å²) >= 11 is 2.14. The van der Waals surface area contributed by atoms with Gasteiger partial charge in [0.15, 0.2) is 0 Å². The standard InChI is InChI=1S/C16H13IN2O2S/c17-13-5-7-14(8-6-13)22(20,21)19-11-12-9-10-18-16-4-2-1-3-15(12)16/h1-10,19H,11H2. The van der Waals surface area contributed by atoms with Gasteiger partial charge in [-0.2, -0.15) is 0 Å². The number of nitrogens with zero attached hydrogens (tertiary/aromatic N) is 1. The second-order valence-electron chi connectivity index (χ2n) is 4.77. The lowest BCUT2D eigenvalue weighted by Crippen LogP contribution is -2.23. The summed E-state index contributed by atoms with van der Waals surface area (Å²) in [5.41, 5.74) is 1.76. The number of sulfonamides is 1. The smallest absolute Gasteiger partial charge is 0.240 e. The lowest BCUT2D eigenvalue weighted by atomic mass is 10.1. The number of aromatic nitrogens is 1. The van der Waals surface area contributed by atoms with Gasteiger partial charge in [0.2, 0.25) is 10.0 Å². The maximum absolute atomic E-state index is 12.3. The van der Waals surface area contributed by atoms with Gasteiger partial charge in [-0.3, -0.25) is 4.98 Å². The van der Waals surface area contributed by atoms with Crippen molar-refractivity contribution in [3.05, 3.63) is 69.9 Å². The van der Waals surface area contributed by atoms with Gasteiger partial charge in [0.25, 0.3) is 0 Å². The molecule has 0 saturated heterocycles. The molecule has 2 aromatic carbocycles. The van der Waals surface area contributed by atoms with Crippen molar-refractivity contribution in [2.45, 2.75) is 11.4 Å². The first-order valence-corrected chi connectivity index (χ1v) is 9.20. The van der Waals surface area contributed by atoms with Crippen molar-refractivity contribution >= 4 is 43.5 Å². The summed E-state index contributed by atoms with van der Waals surface area (Å²) in [6.45, 7) is 0.233. The number of rotatable bonds is 4. The molecule has 0 spiro atoms. The van der Waals surface area contributed by atoms with Gasteiger partial charge < -0.3 is 0 Å². The van der Waals surface area contributed by atoms with Crippen LogP contribution in [0.15, 0.2) is 65.7 Å². The summed E-state index contributed by atoms with van der Waals surface area (Å²) in [4.78, 5) is 4.55. The van der Waals surface area contributed by atoms with Gasteiger partial charge in [0.1, 0.15) is 0 Å². The Hall–Kier alpha value is -1.51. The summed E-state index contributed by atoms with van der Waals surface area (Å²) in [5, 5.41) is 0.954. The van der Waals surface area contributed by atoms with E-state index in [-0.39, 0.29) is 11.4 Å². The van der Waals surface area contributed by atoms with Gasteiger partial charge in [-0.25, -0.2) is 13.1 Å². The van der Waals surface area contributed by atoms with Crippen molar-refractivity contribution in [1.82, 2.24) is 9.71 Å². The van der Waals surface area contributed by atoms with E-state index in [0.717, 1.165) is 20.0 Å². The fraction of sp³-hybridized carbons (Fsp3) is 0.0625. The number of nitrogens with one attached hydrogen (secondary N) is 1. The lowest BCUT2D eigenvalue weighted by Gasteiger charge is -2.09. The third kappa shape index (κ3) is 3.29. The van der Waals surface area contributed by atoms with Crippen molar-refractivity contribution in [2.24, 2.45) is 0 Å². The van der Waals surface area contributed by atoms with E-state index in [9.17, 15) is 8.42 Å². The molecule has 0 radical (unpaired) electrons. The number of hydrogen-bond donors (Lipinski definition) is 1. The quantitative estimate of drug-likeness (QED) is 0.654. The van der Waals surface area contributed by atoms with Crippen LogP contribution in [0.3, 0.4) is 0 Å². The van der Waals surface area contributed by atoms with Gasteiger partial charge in [-0.1, -0.05) is 18.2 Å². The number of halogens is 1. The predicted molar refractivity (Wildman–Crippen MR) is 94.9 cm³/mol. The third-order valence-electron chi connectivity index (χ3n) is 3.32. The first-order valence-electron chi connectivity index (χ1n) is 6.64. The minimum absolute atomic E-state index is 0.233. The first kappa shape index (κ1) is 15.4. The van der Waals surface area contributed by atoms with E-state index in [0.29, 0.717) is 0 Å². The van der Waals surface area contributed by atoms with Crippen LogP contribution in [0.2, 0.25) is 0 Å². The van der Waals surface area contributed by atoms with Gasteiger partial charge in [0.05, 0.1) is 10.4 Å². The summed E-state index contributed by atoms with van der Waals surface area (Å²) in [6, 6.07) is 16.3. The van der Waals surface area contributed by atoms with Gasteiger partial charge >= 0.3 is 0 Å². The second kappa shape index (κ2) is 6.31. The van der Waals surface area contributed by atoms with E-state index in [1.54, 1.807) is 30.5 Å². The molecule has 0 amide bonds. The van der Waals surface area contributed by atoms with Crippen molar-refractivity contribution < 1.29 is 8.42 Å². The van der Waals surface area contributed by atoms with Crippen molar-refractivity contribution in [3.8, 4) is 0 Å². The largest absolute Gasteiger partial charge is 0.256 e. The first-order chi connectivity index (χ1) is 10.6. The Morgan fingerprint density at radius 1 is 1.00 bits per heavy atom. The van der Waals surface area contributed by atoms with Gasteiger partial charge in [-0.05, 0) is 64.6 Å². The molecule has 0 aliphatic rings. The molecule has 22 heavy (non-hydrogen) atoms. The van der Waals surface area contributed by atoms with E-state index < -0.39 is 10.0 Å². The molecule has 1 heterocycles. The van der Waals surface area contributed by atoms with Gasteiger partial charge in [0, 0.05) is 21.7 Å². The molecule has 3 rings (SSSR count). The summed E-state index contributed by atoms with van der Waals surface area (Å²) in [6.07, 6.45) is 1.69. The Morgan fingerprint density at radius 3 is 2.50 bits per heavy atom. The molecular weight excluding hydrogens is 411 g/mol. The third-order valence-corrected chi connectivity index (χ3v) is 5.45. The minimum atomic E-state index is -3.52. The van der Waals surface area contributed by atoms with E-state index >= 15 is 0 Å². The number of fused-ring (bicyclic) bond motifs is 1. The van der Waals surface area contributed by atoms with Crippen LogP contribution in [-0.2, 0) is 16.6 Å². The normalized spacial score (nSPS) is 11.7. The van der Waals surface area contributed by atoms with Crippen LogP contribution >= 0.6 is 22.6 Å². The summed E-state index contributed by atoms with van der Waals surface area (Å²) in [7, 11) is -3.52. The van der Waals surface area contributed by atoms with Crippen molar-refractivity contribution in [2.75, 3.05) is 0 Å². The molecule has 0 fully saturated rings. The highest BCUT2D eigenvalue weighted by Gasteiger charge is 2.14. The zero-order valence-corrected chi connectivity index (χ0v) is 14.5. The molecule has 1 N–H and O–H groups in total. The molecule has 6 heteroatoms. The van der Waals surface area contributed by atoms with Crippen LogP contribution in [0.25, 0.3) is 10.9 Å². The fourth-order valence-electron chi connectivity index (χ4n) is 2.18. The van der Waals surface area contributed by atoms with Gasteiger partial charge in [-0.15, -0.1) is 0 Å². The van der Waals surface area contributed by atoms with E-state index in [4.69, 9.17) is 0 Å². The van der Waals surface area contributed by atoms with E-state index in [1.165, 1.54) is 0 Å². The zero-order chi connectivity index (χ0) is 15.6. The molecule has 0 atom stereocenters. The highest BCUT2D eigenvalue weighted by molar-refractivity contribution is 14.1. The van der Waals surface area contributed by atoms with Crippen LogP contribution in [0, 0.1) is 3.57 Å². The van der Waals surface area contributed by atoms with Crippen LogP contribution in [0.5, 0.6) is 0 Å². The Labute approximate surface area is 142 Å². The Bertz CT molecular complexity index is 904. The molecule has 0 unspecified atom stereocenters. The Morgan fingerprint density at radius 2 is 1.73 bits per heavy atom. The average molecular weight is 424 g/mol. The molecule has 1 aromatic heterocycles. The molecule has 0 aliphatic carbocycles. The van der Waals surface area contributed by atoms with Crippen LogP contribution in [0.1, 0.15) is 5.56 Å². The lowest BCUT2D eigenvalue weighted by molar-refractivity contribution is 0.581. The van der Waals surface area contributed by atoms with Crippen LogP contribution in [-0.4, -0.2) is 13.4 Å². The van der Waals surface area contributed by atoms with Crippen LogP contribution < -0.4 is 4.72 Å². The molecular formula is C16H13IN2O2S. The molecule has 0 aliphatic heterocycles. The van der Waals surface area contributed by atoms with E-state index in [1.807, 2.05) is 30.3 Å². The van der Waals surface area contributed by atoms with Crippen molar-refractivity contribution in [3.63, 3.8) is 0 Å². The Kier molecular flexibility index (Phi) is 4.42. The molecule has 3 aromatic rings.